The van der Waals surface area contributed by atoms with E-state index in [2.05, 4.69) is 10.0 Å². The van der Waals surface area contributed by atoms with Gasteiger partial charge < -0.3 is 4.90 Å². The maximum Gasteiger partial charge on any atom is 0.245 e. The molecule has 0 spiro atoms. The lowest BCUT2D eigenvalue weighted by Gasteiger charge is -2.13. The minimum Gasteiger partial charge on any atom is -0.301 e. The molecule has 0 fully saturated rings. The van der Waals surface area contributed by atoms with Crippen molar-refractivity contribution in [3.63, 3.8) is 0 Å². The molecule has 0 atom stereocenters. The Hall–Kier alpha value is -2.11. The van der Waals surface area contributed by atoms with Crippen molar-refractivity contribution in [2.45, 2.75) is 0 Å². The molecule has 1 heterocycles. The van der Waals surface area contributed by atoms with Gasteiger partial charge >= 0.3 is 0 Å². The smallest absolute Gasteiger partial charge is 0.245 e. The van der Waals surface area contributed by atoms with Crippen LogP contribution in [0.1, 0.15) is 4.79 Å². The monoisotopic (exact) mass is 313 g/mol. The molecule has 1 aromatic heterocycles. The van der Waals surface area contributed by atoms with Gasteiger partial charge in [0.05, 0.1) is 27.8 Å². The lowest BCUT2D eigenvalue weighted by atomic mass is 10.2. The number of fused-ring (bicyclic) bond motifs is 2. The van der Waals surface area contributed by atoms with E-state index in [9.17, 15) is 4.79 Å². The largest absolute Gasteiger partial charge is 0.301 e. The molecule has 0 saturated heterocycles. The van der Waals surface area contributed by atoms with Crippen molar-refractivity contribution in [3.05, 3.63) is 48.5 Å². The molecular weight excluding hydrogens is 294 g/mol. The molecule has 3 rings (SSSR count). The Kier molecular flexibility index (Phi) is 4.00. The lowest BCUT2D eigenvalue weighted by Crippen LogP contribution is -2.26. The third kappa shape index (κ3) is 2.65. The number of para-hydroxylation sites is 3. The number of hydrogen-bond acceptors (Lipinski definition) is 3. The molecule has 4 nitrogen and oxygen atoms in total. The Morgan fingerprint density at radius 2 is 1.59 bits per heavy atom. The van der Waals surface area contributed by atoms with Crippen molar-refractivity contribution in [2.75, 3.05) is 20.6 Å². The molecule has 0 aliphatic rings. The number of nitrogens with zero attached hydrogens (tertiary/aromatic N) is 3. The summed E-state index contributed by atoms with van der Waals surface area (Å²) in [6, 6.07) is 16.1. The van der Waals surface area contributed by atoms with Crippen molar-refractivity contribution in [1.29, 1.82) is 0 Å². The van der Waals surface area contributed by atoms with E-state index >= 15 is 0 Å². The maximum atomic E-state index is 12.8. The number of likely N-dealkylation sites (N-methyl/N-ethyl adjacent to an activating group) is 1. The molecule has 3 aromatic rings. The van der Waals surface area contributed by atoms with Crippen LogP contribution in [0.15, 0.2) is 48.5 Å². The fourth-order valence-corrected chi connectivity index (χ4v) is 3.52. The topological polar surface area (TPSA) is 30.2 Å². The lowest BCUT2D eigenvalue weighted by molar-refractivity contribution is 0.0886. The van der Waals surface area contributed by atoms with E-state index in [-0.39, 0.29) is 5.91 Å². The summed E-state index contributed by atoms with van der Waals surface area (Å²) in [5, 5.41) is 0. The zero-order valence-electron chi connectivity index (χ0n) is 13.0. The summed E-state index contributed by atoms with van der Waals surface area (Å²) in [4.78, 5) is 14.7. The van der Waals surface area contributed by atoms with Crippen molar-refractivity contribution < 1.29 is 4.79 Å². The van der Waals surface area contributed by atoms with Crippen LogP contribution in [0.4, 0.5) is 0 Å². The highest BCUT2D eigenvalue weighted by molar-refractivity contribution is 7.13. The highest BCUT2D eigenvalue weighted by Gasteiger charge is 2.12. The summed E-state index contributed by atoms with van der Waals surface area (Å²) in [6.45, 7) is 0.372. The van der Waals surface area contributed by atoms with Crippen LogP contribution in [-0.2, 0) is 7.05 Å². The summed E-state index contributed by atoms with van der Waals surface area (Å²) in [7, 11) is 5.85. The van der Waals surface area contributed by atoms with E-state index in [0.717, 1.165) is 21.3 Å². The van der Waals surface area contributed by atoms with Gasteiger partial charge in [0.15, 0.2) is 0 Å². The van der Waals surface area contributed by atoms with Crippen LogP contribution in [0, 0.1) is 0 Å². The molecule has 0 radical (unpaired) electrons. The highest BCUT2D eigenvalue weighted by atomic mass is 32.1. The van der Waals surface area contributed by atoms with E-state index in [0.29, 0.717) is 6.54 Å². The molecule has 0 aliphatic carbocycles. The number of benzene rings is 2. The molecule has 22 heavy (non-hydrogen) atoms. The van der Waals surface area contributed by atoms with E-state index in [1.54, 1.807) is 11.5 Å². The normalized spacial score (nSPS) is 11.3. The fourth-order valence-electron chi connectivity index (χ4n) is 2.58. The average Bonchev–Trinajstić information content (AvgIpc) is 2.61. The highest BCUT2D eigenvalue weighted by Crippen LogP contribution is 2.23. The molecule has 2 aromatic carbocycles. The minimum absolute atomic E-state index is 0.0702. The van der Waals surface area contributed by atoms with Crippen LogP contribution in [0.25, 0.3) is 21.3 Å². The Morgan fingerprint density at radius 3 is 2.27 bits per heavy atom. The van der Waals surface area contributed by atoms with Gasteiger partial charge in [-0.2, -0.15) is 0 Å². The van der Waals surface area contributed by atoms with Crippen LogP contribution < -0.4 is 0 Å². The van der Waals surface area contributed by atoms with Crippen molar-refractivity contribution in [3.8, 4) is 0 Å². The molecule has 0 bridgehead atoms. The number of hydrogen-bond donors (Lipinski definition) is 0. The molecule has 0 N–H and O–H groups in total. The molecular formula is C17H19N3OS. The van der Waals surface area contributed by atoms with E-state index in [1.165, 1.54) is 0 Å². The second-order valence-corrected chi connectivity index (χ2v) is 6.68. The van der Waals surface area contributed by atoms with Gasteiger partial charge in [-0.15, -0.1) is 0 Å². The van der Waals surface area contributed by atoms with Gasteiger partial charge in [-0.25, -0.2) is 0 Å². The maximum absolute atomic E-state index is 12.8. The van der Waals surface area contributed by atoms with Gasteiger partial charge in [0.2, 0.25) is 5.91 Å². The van der Waals surface area contributed by atoms with E-state index in [4.69, 9.17) is 0 Å². The van der Waals surface area contributed by atoms with Gasteiger partial charge in [0.25, 0.3) is 0 Å². The minimum atomic E-state index is 0.0702. The molecule has 114 valence electrons. The Balaban J connectivity index is 2.49. The first kappa shape index (κ1) is 14.8. The van der Waals surface area contributed by atoms with E-state index < -0.39 is 0 Å². The van der Waals surface area contributed by atoms with Gasteiger partial charge in [-0.3, -0.25) is 13.3 Å². The Bertz CT molecular complexity index is 884. The van der Waals surface area contributed by atoms with Crippen LogP contribution in [0.3, 0.4) is 0 Å². The average molecular weight is 313 g/mol. The molecule has 0 unspecified atom stereocenters. The van der Waals surface area contributed by atoms with Crippen LogP contribution >= 0.6 is 11.5 Å². The van der Waals surface area contributed by atoms with Crippen LogP contribution in [0.2, 0.25) is 0 Å². The van der Waals surface area contributed by atoms with Crippen molar-refractivity contribution in [1.82, 2.24) is 13.4 Å². The second-order valence-electron chi connectivity index (χ2n) is 5.51. The standard InChI is InChI=1S/C17H19N3OS/c1-18(2)12-17(21)20-14-9-5-4-8-13(14)19(3)22-16-11-7-6-10-15(16)20/h4-11H,12H2,1-3H3. The van der Waals surface area contributed by atoms with Crippen molar-refractivity contribution >= 4 is 38.7 Å². The zero-order chi connectivity index (χ0) is 15.7. The first-order valence-corrected chi connectivity index (χ1v) is 7.92. The molecule has 0 amide bonds. The predicted molar refractivity (Wildman–Crippen MR) is 93.1 cm³/mol. The second kappa shape index (κ2) is 5.94. The Morgan fingerprint density at radius 1 is 1.00 bits per heavy atom. The SMILES string of the molecule is CN(C)CC(=O)n1c2ccccc2sn(C)c2ccccc21. The van der Waals surface area contributed by atoms with Gasteiger partial charge in [-0.05, 0) is 38.4 Å². The third-order valence-corrected chi connectivity index (χ3v) is 4.52. The number of rotatable bonds is 2. The quantitative estimate of drug-likeness (QED) is 0.724. The van der Waals surface area contributed by atoms with Gasteiger partial charge in [-0.1, -0.05) is 35.8 Å². The molecule has 0 saturated carbocycles. The van der Waals surface area contributed by atoms with Crippen molar-refractivity contribution in [2.24, 2.45) is 7.05 Å². The van der Waals surface area contributed by atoms with Gasteiger partial charge in [0.1, 0.15) is 0 Å². The first-order chi connectivity index (χ1) is 10.6. The third-order valence-electron chi connectivity index (χ3n) is 3.50. The summed E-state index contributed by atoms with van der Waals surface area (Å²) in [5.74, 6) is 0.0702. The molecule has 0 aliphatic heterocycles. The predicted octanol–water partition coefficient (Wildman–Crippen LogP) is 3.52. The van der Waals surface area contributed by atoms with Crippen LogP contribution in [-0.4, -0.2) is 40.0 Å². The van der Waals surface area contributed by atoms with E-state index in [1.807, 2.05) is 73.1 Å². The summed E-state index contributed by atoms with van der Waals surface area (Å²) in [5.41, 5.74) is 2.90. The van der Waals surface area contributed by atoms with Crippen LogP contribution in [0.5, 0.6) is 0 Å². The number of aromatic nitrogens is 2. The number of carbonyl (C=O) groups excluding carboxylic acids is 1. The Labute approximate surface area is 133 Å². The van der Waals surface area contributed by atoms with Gasteiger partial charge in [0, 0.05) is 7.05 Å². The first-order valence-electron chi connectivity index (χ1n) is 7.15. The number of carbonyl (C=O) groups is 1. The summed E-state index contributed by atoms with van der Waals surface area (Å²) >= 11 is 1.64. The zero-order valence-corrected chi connectivity index (χ0v) is 13.8. The summed E-state index contributed by atoms with van der Waals surface area (Å²) in [6.07, 6.45) is 0. The molecule has 5 heteroatoms. The summed E-state index contributed by atoms with van der Waals surface area (Å²) < 4.78 is 5.02. The number of aryl methyl sites for hydroxylation is 1. The fraction of sp³-hybridized carbons (Fsp3) is 0.235.